The number of nitrogens with zero attached hydrogens (tertiary/aromatic N) is 2. The van der Waals surface area contributed by atoms with Crippen molar-refractivity contribution in [2.45, 2.75) is 31.6 Å². The molecule has 0 aliphatic heterocycles. The molecule has 6 nitrogen and oxygen atoms in total. The van der Waals surface area contributed by atoms with Crippen molar-refractivity contribution in [3.63, 3.8) is 0 Å². The molecular formula is C13H15BrF3N3O3S. The summed E-state index contributed by atoms with van der Waals surface area (Å²) < 4.78 is 38.3. The van der Waals surface area contributed by atoms with E-state index in [1.54, 1.807) is 0 Å². The highest BCUT2D eigenvalue weighted by Gasteiger charge is 2.38. The number of carboxylic acid groups (broad SMARTS) is 1. The Labute approximate surface area is 148 Å². The minimum absolute atomic E-state index is 0.596. The fraction of sp³-hybridized carbons (Fsp3) is 0.462. The van der Waals surface area contributed by atoms with Gasteiger partial charge in [0.1, 0.15) is 5.65 Å². The van der Waals surface area contributed by atoms with Gasteiger partial charge >= 0.3 is 12.1 Å². The molecule has 0 bridgehead atoms. The number of aryl methyl sites for hydroxylation is 1. The normalized spacial score (nSPS) is 11.1. The molecule has 0 amide bonds. The van der Waals surface area contributed by atoms with Gasteiger partial charge in [0.2, 0.25) is 5.88 Å². The Balaban J connectivity index is 0.000000351. The molecule has 2 heterocycles. The van der Waals surface area contributed by atoms with Crippen molar-refractivity contribution in [3.8, 4) is 5.88 Å². The van der Waals surface area contributed by atoms with Crippen molar-refractivity contribution in [3.05, 3.63) is 10.2 Å². The molecule has 11 heteroatoms. The summed E-state index contributed by atoms with van der Waals surface area (Å²) in [5, 5.41) is 8.78. The molecule has 2 N–H and O–H groups in total. The van der Waals surface area contributed by atoms with Crippen LogP contribution in [0.5, 0.6) is 5.88 Å². The monoisotopic (exact) mass is 429 g/mol. The maximum Gasteiger partial charge on any atom is 0.490 e. The largest absolute Gasteiger partial charge is 0.490 e. The molecule has 0 spiro atoms. The van der Waals surface area contributed by atoms with E-state index in [1.165, 1.54) is 11.8 Å². The number of carbonyl (C=O) groups is 1. The summed E-state index contributed by atoms with van der Waals surface area (Å²) in [7, 11) is 0. The van der Waals surface area contributed by atoms with Crippen LogP contribution in [0.4, 0.5) is 13.2 Å². The van der Waals surface area contributed by atoms with E-state index in [0.717, 1.165) is 32.8 Å². The molecule has 2 rings (SSSR count). The number of ether oxygens (including phenoxy) is 1. The number of H-pyrrole nitrogens is 1. The van der Waals surface area contributed by atoms with Crippen molar-refractivity contribution < 1.29 is 27.8 Å². The van der Waals surface area contributed by atoms with Crippen LogP contribution in [0.15, 0.2) is 9.63 Å². The summed E-state index contributed by atoms with van der Waals surface area (Å²) in [6.07, 6.45) is -2.22. The van der Waals surface area contributed by atoms with Gasteiger partial charge in [-0.3, -0.25) is 0 Å². The van der Waals surface area contributed by atoms with E-state index in [9.17, 15) is 13.2 Å². The number of aromatic nitrogens is 3. The number of fused-ring (bicyclic) bond motifs is 1. The van der Waals surface area contributed by atoms with Crippen molar-refractivity contribution in [1.29, 1.82) is 0 Å². The third-order valence-corrected chi connectivity index (χ3v) is 4.09. The average Bonchev–Trinajstić information content (AvgIpc) is 2.83. The third kappa shape index (κ3) is 5.00. The van der Waals surface area contributed by atoms with Crippen LogP contribution in [-0.4, -0.2) is 45.1 Å². The molecule has 134 valence electrons. The standard InChI is InChI=1S/C11H14BrN3OS.C2HF3O2/c1-4-6-8(12)7-9(13-6)14-11(17-3)15-10(7)16-5-2;3-2(4,5)1(6)7/h4-5H2,1-3H3,(H,13,14,15);(H,6,7). The summed E-state index contributed by atoms with van der Waals surface area (Å²) in [5.41, 5.74) is 1.95. The molecule has 0 aliphatic rings. The molecule has 0 fully saturated rings. The molecule has 0 saturated carbocycles. The van der Waals surface area contributed by atoms with Crippen molar-refractivity contribution in [1.82, 2.24) is 15.0 Å². The summed E-state index contributed by atoms with van der Waals surface area (Å²) in [6, 6.07) is 0. The lowest BCUT2D eigenvalue weighted by molar-refractivity contribution is -0.192. The Bertz CT molecular complexity index is 722. The second-order valence-electron chi connectivity index (χ2n) is 4.25. The van der Waals surface area contributed by atoms with Gasteiger partial charge in [0.15, 0.2) is 5.16 Å². The number of halogens is 4. The first-order chi connectivity index (χ1) is 11.1. The number of thioether (sulfide) groups is 1. The van der Waals surface area contributed by atoms with Gasteiger partial charge in [-0.2, -0.15) is 18.2 Å². The van der Waals surface area contributed by atoms with Crippen molar-refractivity contribution in [2.24, 2.45) is 0 Å². The highest BCUT2D eigenvalue weighted by molar-refractivity contribution is 9.10. The third-order valence-electron chi connectivity index (χ3n) is 2.67. The fourth-order valence-electron chi connectivity index (χ4n) is 1.63. The van der Waals surface area contributed by atoms with E-state index >= 15 is 0 Å². The molecule has 0 radical (unpaired) electrons. The zero-order chi connectivity index (χ0) is 18.5. The fourth-order valence-corrected chi connectivity index (χ4v) is 2.73. The number of aromatic amines is 1. The van der Waals surface area contributed by atoms with E-state index in [-0.39, 0.29) is 0 Å². The average molecular weight is 430 g/mol. The molecule has 0 aromatic carbocycles. The summed E-state index contributed by atoms with van der Waals surface area (Å²) >= 11 is 5.09. The Morgan fingerprint density at radius 1 is 1.38 bits per heavy atom. The number of rotatable bonds is 4. The van der Waals surface area contributed by atoms with Gasteiger partial charge in [-0.1, -0.05) is 18.7 Å². The first-order valence-electron chi connectivity index (χ1n) is 6.70. The molecule has 2 aromatic rings. The Morgan fingerprint density at radius 3 is 2.38 bits per heavy atom. The quantitative estimate of drug-likeness (QED) is 0.563. The van der Waals surface area contributed by atoms with Gasteiger partial charge in [-0.05, 0) is 35.5 Å². The van der Waals surface area contributed by atoms with E-state index in [1.807, 2.05) is 13.2 Å². The maximum absolute atomic E-state index is 10.6. The van der Waals surface area contributed by atoms with E-state index in [4.69, 9.17) is 14.6 Å². The number of hydrogen-bond acceptors (Lipinski definition) is 5. The lowest BCUT2D eigenvalue weighted by Crippen LogP contribution is -2.21. The molecule has 24 heavy (non-hydrogen) atoms. The lowest BCUT2D eigenvalue weighted by atomic mass is 10.3. The van der Waals surface area contributed by atoms with Gasteiger partial charge < -0.3 is 14.8 Å². The molecule has 2 aromatic heterocycles. The van der Waals surface area contributed by atoms with Crippen LogP contribution in [0.25, 0.3) is 11.0 Å². The minimum atomic E-state index is -5.08. The van der Waals surface area contributed by atoms with Crippen LogP contribution in [0, 0.1) is 0 Å². The predicted molar refractivity (Wildman–Crippen MR) is 87.6 cm³/mol. The number of hydrogen-bond donors (Lipinski definition) is 2. The second-order valence-corrected chi connectivity index (χ2v) is 5.81. The summed E-state index contributed by atoms with van der Waals surface area (Å²) in [4.78, 5) is 21.0. The van der Waals surface area contributed by atoms with Crippen LogP contribution in [0.3, 0.4) is 0 Å². The topological polar surface area (TPSA) is 88.1 Å². The van der Waals surface area contributed by atoms with Crippen LogP contribution in [-0.2, 0) is 11.2 Å². The first kappa shape index (κ1) is 20.6. The number of nitrogens with one attached hydrogen (secondary N) is 1. The van der Waals surface area contributed by atoms with Crippen molar-refractivity contribution in [2.75, 3.05) is 12.9 Å². The zero-order valence-electron chi connectivity index (χ0n) is 13.0. The molecule has 0 saturated heterocycles. The highest BCUT2D eigenvalue weighted by Crippen LogP contribution is 2.34. The molecule has 0 atom stereocenters. The van der Waals surface area contributed by atoms with Gasteiger partial charge in [0.05, 0.1) is 16.5 Å². The Morgan fingerprint density at radius 2 is 1.96 bits per heavy atom. The Kier molecular flexibility index (Phi) is 7.33. The molecule has 0 aliphatic carbocycles. The van der Waals surface area contributed by atoms with Crippen molar-refractivity contribution >= 4 is 44.7 Å². The van der Waals surface area contributed by atoms with Crippen LogP contribution >= 0.6 is 27.7 Å². The van der Waals surface area contributed by atoms with Crippen LogP contribution < -0.4 is 4.74 Å². The molecule has 0 unspecified atom stereocenters. The zero-order valence-corrected chi connectivity index (χ0v) is 15.4. The van der Waals surface area contributed by atoms with Gasteiger partial charge in [0, 0.05) is 5.69 Å². The maximum atomic E-state index is 10.6. The summed E-state index contributed by atoms with van der Waals surface area (Å²) in [5.74, 6) is -2.11. The van der Waals surface area contributed by atoms with Gasteiger partial charge in [-0.15, -0.1) is 0 Å². The Hall–Kier alpha value is -1.49. The number of alkyl halides is 3. The van der Waals surface area contributed by atoms with E-state index < -0.39 is 12.1 Å². The second kappa shape index (κ2) is 8.56. The molecular weight excluding hydrogens is 415 g/mol. The minimum Gasteiger partial charge on any atom is -0.477 e. The number of aliphatic carboxylic acids is 1. The highest BCUT2D eigenvalue weighted by atomic mass is 79.9. The van der Waals surface area contributed by atoms with E-state index in [0.29, 0.717) is 12.5 Å². The first-order valence-corrected chi connectivity index (χ1v) is 8.72. The lowest BCUT2D eigenvalue weighted by Gasteiger charge is -2.05. The number of carboxylic acids is 1. The van der Waals surface area contributed by atoms with Crippen LogP contribution in [0.2, 0.25) is 0 Å². The smallest absolute Gasteiger partial charge is 0.477 e. The van der Waals surface area contributed by atoms with Crippen LogP contribution in [0.1, 0.15) is 19.5 Å². The van der Waals surface area contributed by atoms with Gasteiger partial charge in [0.25, 0.3) is 0 Å². The SMILES string of the molecule is CCOc1nc(SC)nc2[nH]c(CC)c(Br)c12.O=C(O)C(F)(F)F. The van der Waals surface area contributed by atoms with E-state index in [2.05, 4.69) is 37.8 Å². The predicted octanol–water partition coefficient (Wildman–Crippen LogP) is 4.04. The summed E-state index contributed by atoms with van der Waals surface area (Å²) in [6.45, 7) is 4.64. The van der Waals surface area contributed by atoms with Gasteiger partial charge in [-0.25, -0.2) is 9.78 Å².